The van der Waals surface area contributed by atoms with Crippen LogP contribution in [0, 0.1) is 6.92 Å². The number of carbonyl (C=O) groups is 1. The van der Waals surface area contributed by atoms with E-state index in [4.69, 9.17) is 16.0 Å². The first-order chi connectivity index (χ1) is 11.0. The fourth-order valence-corrected chi connectivity index (χ4v) is 2.90. The molecule has 0 aliphatic heterocycles. The fourth-order valence-electron chi connectivity index (χ4n) is 1.98. The van der Waals surface area contributed by atoms with Crippen molar-refractivity contribution in [2.45, 2.75) is 24.3 Å². The van der Waals surface area contributed by atoms with Crippen molar-refractivity contribution in [1.29, 1.82) is 0 Å². The summed E-state index contributed by atoms with van der Waals surface area (Å²) in [4.78, 5) is 20.7. The standard InChI is InChI=1S/C16H14ClN3O2S/c1-9-11(17)5-3-6-12(9)19-15(21)10(2)23-16-20-14-13(22-16)7-4-8-18-14/h3-8,10H,1-2H3,(H,19,21). The van der Waals surface area contributed by atoms with Crippen LogP contribution in [0.15, 0.2) is 46.2 Å². The summed E-state index contributed by atoms with van der Waals surface area (Å²) >= 11 is 7.31. The molecule has 2 aromatic heterocycles. The number of hydrogen-bond donors (Lipinski definition) is 1. The van der Waals surface area contributed by atoms with Crippen molar-refractivity contribution in [1.82, 2.24) is 9.97 Å². The molecule has 118 valence electrons. The average Bonchev–Trinajstić information content (AvgIpc) is 2.93. The van der Waals surface area contributed by atoms with Gasteiger partial charge in [0.1, 0.15) is 0 Å². The summed E-state index contributed by atoms with van der Waals surface area (Å²) in [6.45, 7) is 3.66. The van der Waals surface area contributed by atoms with Crippen LogP contribution in [0.2, 0.25) is 5.02 Å². The van der Waals surface area contributed by atoms with Gasteiger partial charge in [0.15, 0.2) is 11.2 Å². The molecule has 1 aromatic carbocycles. The molecule has 1 amide bonds. The van der Waals surface area contributed by atoms with Crippen LogP contribution in [0.4, 0.5) is 5.69 Å². The molecular weight excluding hydrogens is 334 g/mol. The normalized spacial score (nSPS) is 12.3. The minimum absolute atomic E-state index is 0.143. The van der Waals surface area contributed by atoms with Crippen LogP contribution in [-0.4, -0.2) is 21.1 Å². The van der Waals surface area contributed by atoms with Crippen molar-refractivity contribution in [3.63, 3.8) is 0 Å². The van der Waals surface area contributed by atoms with Gasteiger partial charge in [-0.25, -0.2) is 4.98 Å². The van der Waals surface area contributed by atoms with E-state index in [0.717, 1.165) is 5.56 Å². The van der Waals surface area contributed by atoms with Crippen molar-refractivity contribution in [3.8, 4) is 0 Å². The molecule has 23 heavy (non-hydrogen) atoms. The third-order valence-corrected chi connectivity index (χ3v) is 4.67. The number of nitrogens with one attached hydrogen (secondary N) is 1. The van der Waals surface area contributed by atoms with Gasteiger partial charge in [0.05, 0.1) is 5.25 Å². The Bertz CT molecular complexity index is 832. The van der Waals surface area contributed by atoms with Gasteiger partial charge in [-0.05, 0) is 43.7 Å². The SMILES string of the molecule is Cc1c(Cl)cccc1NC(=O)C(C)Sc1nc2ncccc2o1. The van der Waals surface area contributed by atoms with E-state index in [1.807, 2.05) is 13.0 Å². The number of oxazole rings is 1. The number of aromatic nitrogens is 2. The summed E-state index contributed by atoms with van der Waals surface area (Å²) in [6, 6.07) is 8.98. The van der Waals surface area contributed by atoms with Crippen LogP contribution < -0.4 is 5.32 Å². The third-order valence-electron chi connectivity index (χ3n) is 3.32. The van der Waals surface area contributed by atoms with Crippen LogP contribution in [0.25, 0.3) is 11.2 Å². The number of benzene rings is 1. The molecule has 0 bridgehead atoms. The van der Waals surface area contributed by atoms with Gasteiger partial charge in [0.25, 0.3) is 5.22 Å². The molecule has 1 unspecified atom stereocenters. The van der Waals surface area contributed by atoms with Crippen LogP contribution in [0.5, 0.6) is 0 Å². The molecule has 1 N–H and O–H groups in total. The summed E-state index contributed by atoms with van der Waals surface area (Å²) in [5, 5.41) is 3.54. The number of rotatable bonds is 4. The van der Waals surface area contributed by atoms with E-state index in [9.17, 15) is 4.79 Å². The topological polar surface area (TPSA) is 68.0 Å². The lowest BCUT2D eigenvalue weighted by molar-refractivity contribution is -0.115. The Morgan fingerprint density at radius 3 is 2.96 bits per heavy atom. The molecule has 0 radical (unpaired) electrons. The lowest BCUT2D eigenvalue weighted by atomic mass is 10.2. The van der Waals surface area contributed by atoms with Crippen molar-refractivity contribution in [2.24, 2.45) is 0 Å². The Hall–Kier alpha value is -2.05. The van der Waals surface area contributed by atoms with E-state index in [-0.39, 0.29) is 11.2 Å². The Balaban J connectivity index is 1.71. The molecule has 0 fully saturated rings. The monoisotopic (exact) mass is 347 g/mol. The Labute approximate surface area is 142 Å². The van der Waals surface area contributed by atoms with E-state index in [2.05, 4.69) is 15.3 Å². The molecule has 5 nitrogen and oxygen atoms in total. The van der Waals surface area contributed by atoms with Gasteiger partial charge in [-0.1, -0.05) is 29.4 Å². The lowest BCUT2D eigenvalue weighted by Gasteiger charge is -2.12. The minimum atomic E-state index is -0.374. The largest absolute Gasteiger partial charge is 0.430 e. The molecule has 1 atom stereocenters. The molecule has 0 saturated carbocycles. The maximum absolute atomic E-state index is 12.3. The van der Waals surface area contributed by atoms with Gasteiger partial charge in [0.2, 0.25) is 5.91 Å². The van der Waals surface area contributed by atoms with E-state index in [0.29, 0.717) is 27.2 Å². The van der Waals surface area contributed by atoms with Crippen molar-refractivity contribution >= 4 is 46.2 Å². The number of amides is 1. The van der Waals surface area contributed by atoms with Crippen LogP contribution >= 0.6 is 23.4 Å². The molecule has 0 aliphatic carbocycles. The quantitative estimate of drug-likeness (QED) is 0.712. The van der Waals surface area contributed by atoms with Gasteiger partial charge in [-0.15, -0.1) is 0 Å². The first-order valence-corrected chi connectivity index (χ1v) is 8.24. The van der Waals surface area contributed by atoms with Gasteiger partial charge in [-0.2, -0.15) is 4.98 Å². The van der Waals surface area contributed by atoms with Crippen LogP contribution in [0.1, 0.15) is 12.5 Å². The number of thioether (sulfide) groups is 1. The smallest absolute Gasteiger partial charge is 0.259 e. The summed E-state index contributed by atoms with van der Waals surface area (Å²) in [5.41, 5.74) is 2.68. The Morgan fingerprint density at radius 1 is 1.35 bits per heavy atom. The second-order valence-electron chi connectivity index (χ2n) is 4.97. The predicted molar refractivity (Wildman–Crippen MR) is 91.9 cm³/mol. The number of anilines is 1. The zero-order valence-corrected chi connectivity index (χ0v) is 14.1. The first kappa shape index (κ1) is 15.8. The van der Waals surface area contributed by atoms with Crippen molar-refractivity contribution < 1.29 is 9.21 Å². The summed E-state index contributed by atoms with van der Waals surface area (Å²) in [7, 11) is 0. The number of hydrogen-bond acceptors (Lipinski definition) is 5. The zero-order valence-electron chi connectivity index (χ0n) is 12.5. The molecule has 0 aliphatic rings. The highest BCUT2D eigenvalue weighted by molar-refractivity contribution is 8.00. The van der Waals surface area contributed by atoms with Crippen LogP contribution in [0.3, 0.4) is 0 Å². The summed E-state index contributed by atoms with van der Waals surface area (Å²) in [6.07, 6.45) is 1.65. The minimum Gasteiger partial charge on any atom is -0.430 e. The highest BCUT2D eigenvalue weighted by Gasteiger charge is 2.19. The van der Waals surface area contributed by atoms with Crippen molar-refractivity contribution in [3.05, 3.63) is 47.1 Å². The average molecular weight is 348 g/mol. The lowest BCUT2D eigenvalue weighted by Crippen LogP contribution is -2.22. The molecule has 0 spiro atoms. The fraction of sp³-hybridized carbons (Fsp3) is 0.188. The molecule has 3 rings (SSSR count). The molecule has 0 saturated heterocycles. The summed E-state index contributed by atoms with van der Waals surface area (Å²) < 4.78 is 5.57. The van der Waals surface area contributed by atoms with E-state index in [1.165, 1.54) is 11.8 Å². The van der Waals surface area contributed by atoms with Crippen LogP contribution in [-0.2, 0) is 4.79 Å². The second kappa shape index (κ2) is 6.60. The maximum Gasteiger partial charge on any atom is 0.259 e. The maximum atomic E-state index is 12.3. The van der Waals surface area contributed by atoms with Gasteiger partial charge in [-0.3, -0.25) is 4.79 Å². The summed E-state index contributed by atoms with van der Waals surface area (Å²) in [5.74, 6) is -0.143. The first-order valence-electron chi connectivity index (χ1n) is 6.99. The van der Waals surface area contributed by atoms with Gasteiger partial charge < -0.3 is 9.73 Å². The Morgan fingerprint density at radius 2 is 2.17 bits per heavy atom. The molecule has 7 heteroatoms. The van der Waals surface area contributed by atoms with Gasteiger partial charge in [0, 0.05) is 16.9 Å². The van der Waals surface area contributed by atoms with E-state index in [1.54, 1.807) is 37.4 Å². The number of fused-ring (bicyclic) bond motifs is 1. The van der Waals surface area contributed by atoms with Crippen molar-refractivity contribution in [2.75, 3.05) is 5.32 Å². The number of nitrogens with zero attached hydrogens (tertiary/aromatic N) is 2. The molecular formula is C16H14ClN3O2S. The number of halogens is 1. The Kier molecular flexibility index (Phi) is 4.54. The molecule has 3 aromatic rings. The second-order valence-corrected chi connectivity index (χ2v) is 6.67. The molecule has 2 heterocycles. The van der Waals surface area contributed by atoms with E-state index < -0.39 is 0 Å². The van der Waals surface area contributed by atoms with E-state index >= 15 is 0 Å². The highest BCUT2D eigenvalue weighted by Crippen LogP contribution is 2.28. The number of pyridine rings is 1. The van der Waals surface area contributed by atoms with Gasteiger partial charge >= 0.3 is 0 Å². The number of carbonyl (C=O) groups excluding carboxylic acids is 1. The third kappa shape index (κ3) is 3.48. The zero-order chi connectivity index (χ0) is 16.4. The highest BCUT2D eigenvalue weighted by atomic mass is 35.5. The predicted octanol–water partition coefficient (Wildman–Crippen LogP) is 4.30.